The molecular weight excluding hydrogens is 110 g/mol. The van der Waals surface area contributed by atoms with Crippen molar-refractivity contribution < 1.29 is 0 Å². The van der Waals surface area contributed by atoms with E-state index in [2.05, 4.69) is 17.9 Å². The lowest BCUT2D eigenvalue weighted by atomic mass is 9.76. The van der Waals surface area contributed by atoms with Gasteiger partial charge in [0.25, 0.3) is 0 Å². The minimum Gasteiger partial charge on any atom is -0.298 e. The number of rotatable bonds is 0. The molecule has 9 heavy (non-hydrogen) atoms. The first kappa shape index (κ1) is 4.51. The van der Waals surface area contributed by atoms with Gasteiger partial charge in [-0.05, 0) is 6.92 Å². The highest BCUT2D eigenvalue weighted by Gasteiger charge is 2.55. The maximum atomic E-state index is 2.59. The van der Waals surface area contributed by atoms with Crippen LogP contribution in [0.3, 0.4) is 0 Å². The summed E-state index contributed by atoms with van der Waals surface area (Å²) >= 11 is 0. The van der Waals surface area contributed by atoms with Gasteiger partial charge >= 0.3 is 0 Å². The predicted molar refractivity (Wildman–Crippen MR) is 36.1 cm³/mol. The molecule has 2 aliphatic heterocycles. The summed E-state index contributed by atoms with van der Waals surface area (Å²) in [5.74, 6) is 1.94. The van der Waals surface area contributed by atoms with E-state index in [9.17, 15) is 0 Å². The first-order valence-corrected chi connectivity index (χ1v) is 3.78. The summed E-state index contributed by atoms with van der Waals surface area (Å²) in [7, 11) is 0. The Kier molecular flexibility index (Phi) is 0.552. The molecule has 0 spiro atoms. The third kappa shape index (κ3) is 0.326. The number of hydrogen-bond donors (Lipinski definition) is 0. The molecule has 0 saturated carbocycles. The Bertz CT molecular complexity index is 195. The SMILES string of the molecule is CC1=CC2CN3CC1C23. The molecule has 0 amide bonds. The molecule has 0 aromatic rings. The number of hydrogen-bond acceptors (Lipinski definition) is 1. The van der Waals surface area contributed by atoms with Gasteiger partial charge < -0.3 is 0 Å². The van der Waals surface area contributed by atoms with Gasteiger partial charge in [-0.25, -0.2) is 0 Å². The predicted octanol–water partition coefficient (Wildman–Crippen LogP) is 0.877. The largest absolute Gasteiger partial charge is 0.298 e. The minimum atomic E-state index is 0.962. The molecule has 1 aliphatic carbocycles. The molecule has 2 saturated heterocycles. The number of piperidine rings is 1. The van der Waals surface area contributed by atoms with Crippen molar-refractivity contribution in [2.75, 3.05) is 13.1 Å². The maximum Gasteiger partial charge on any atom is 0.0248 e. The van der Waals surface area contributed by atoms with Crippen molar-refractivity contribution in [3.63, 3.8) is 0 Å². The van der Waals surface area contributed by atoms with Crippen LogP contribution in [0.1, 0.15) is 6.92 Å². The summed E-state index contributed by atoms with van der Waals surface area (Å²) < 4.78 is 0. The van der Waals surface area contributed by atoms with Crippen molar-refractivity contribution in [2.24, 2.45) is 11.8 Å². The lowest BCUT2D eigenvalue weighted by molar-refractivity contribution is -0.0709. The smallest absolute Gasteiger partial charge is 0.0248 e. The third-order valence-corrected chi connectivity index (χ3v) is 3.21. The summed E-state index contributed by atoms with van der Waals surface area (Å²) in [5.41, 5.74) is 1.67. The maximum absolute atomic E-state index is 2.59. The molecule has 0 N–H and O–H groups in total. The Morgan fingerprint density at radius 2 is 2.44 bits per heavy atom. The summed E-state index contributed by atoms with van der Waals surface area (Å²) in [5, 5.41) is 0. The van der Waals surface area contributed by atoms with E-state index in [1.807, 2.05) is 0 Å². The fraction of sp³-hybridized carbons (Fsp3) is 0.750. The first-order valence-electron chi connectivity index (χ1n) is 3.78. The van der Waals surface area contributed by atoms with Crippen LogP contribution in [0.25, 0.3) is 0 Å². The monoisotopic (exact) mass is 121 g/mol. The van der Waals surface area contributed by atoms with Crippen LogP contribution in [0.15, 0.2) is 11.6 Å². The van der Waals surface area contributed by atoms with Gasteiger partial charge in [-0.15, -0.1) is 0 Å². The van der Waals surface area contributed by atoms with Crippen LogP contribution < -0.4 is 0 Å². The molecule has 3 atom stereocenters. The van der Waals surface area contributed by atoms with Crippen LogP contribution in [0.5, 0.6) is 0 Å². The van der Waals surface area contributed by atoms with Gasteiger partial charge in [-0.3, -0.25) is 4.90 Å². The average molecular weight is 121 g/mol. The summed E-state index contributed by atoms with van der Waals surface area (Å²) in [6.07, 6.45) is 2.48. The Labute approximate surface area is 55.3 Å². The van der Waals surface area contributed by atoms with Crippen LogP contribution in [0.2, 0.25) is 0 Å². The molecule has 0 aromatic heterocycles. The van der Waals surface area contributed by atoms with Crippen LogP contribution in [0.4, 0.5) is 0 Å². The van der Waals surface area contributed by atoms with E-state index in [-0.39, 0.29) is 0 Å². The molecule has 3 unspecified atom stereocenters. The topological polar surface area (TPSA) is 3.24 Å². The Morgan fingerprint density at radius 1 is 1.56 bits per heavy atom. The highest BCUT2D eigenvalue weighted by atomic mass is 15.3. The molecule has 3 aliphatic rings. The molecule has 2 heterocycles. The van der Waals surface area contributed by atoms with Crippen LogP contribution in [-0.4, -0.2) is 24.0 Å². The van der Waals surface area contributed by atoms with E-state index >= 15 is 0 Å². The summed E-state index contributed by atoms with van der Waals surface area (Å²) in [6.45, 7) is 5.02. The minimum absolute atomic E-state index is 0.962. The fourth-order valence-electron chi connectivity index (χ4n) is 2.63. The summed E-state index contributed by atoms with van der Waals surface area (Å²) in [6, 6.07) is 0.977. The van der Waals surface area contributed by atoms with Crippen LogP contribution in [0, 0.1) is 11.8 Å². The molecule has 0 aromatic carbocycles. The van der Waals surface area contributed by atoms with Gasteiger partial charge in [0.05, 0.1) is 0 Å². The van der Waals surface area contributed by atoms with Crippen molar-refractivity contribution >= 4 is 0 Å². The van der Waals surface area contributed by atoms with E-state index in [1.54, 1.807) is 5.57 Å². The van der Waals surface area contributed by atoms with E-state index in [1.165, 1.54) is 13.1 Å². The van der Waals surface area contributed by atoms with Gasteiger partial charge in [0.1, 0.15) is 0 Å². The van der Waals surface area contributed by atoms with E-state index < -0.39 is 0 Å². The lowest BCUT2D eigenvalue weighted by Crippen LogP contribution is -2.67. The molecule has 0 bridgehead atoms. The molecule has 1 nitrogen and oxygen atoms in total. The second kappa shape index (κ2) is 1.10. The highest BCUT2D eigenvalue weighted by Crippen LogP contribution is 2.49. The van der Waals surface area contributed by atoms with Crippen molar-refractivity contribution in [3.05, 3.63) is 11.6 Å². The molecule has 0 radical (unpaired) electrons. The Morgan fingerprint density at radius 3 is 3.00 bits per heavy atom. The molecule has 2 fully saturated rings. The fourth-order valence-corrected chi connectivity index (χ4v) is 2.63. The second-order valence-electron chi connectivity index (χ2n) is 3.63. The normalized spacial score (nSPS) is 53.4. The zero-order valence-electron chi connectivity index (χ0n) is 5.67. The van der Waals surface area contributed by atoms with E-state index in [0.29, 0.717) is 0 Å². The zero-order chi connectivity index (χ0) is 6.01. The Hall–Kier alpha value is -0.300. The van der Waals surface area contributed by atoms with Crippen molar-refractivity contribution in [2.45, 2.75) is 13.0 Å². The second-order valence-corrected chi connectivity index (χ2v) is 3.63. The van der Waals surface area contributed by atoms with Gasteiger partial charge in [0.2, 0.25) is 0 Å². The highest BCUT2D eigenvalue weighted by molar-refractivity contribution is 5.30. The molecule has 3 rings (SSSR count). The van der Waals surface area contributed by atoms with Crippen molar-refractivity contribution in [1.82, 2.24) is 4.90 Å². The van der Waals surface area contributed by atoms with Crippen LogP contribution in [-0.2, 0) is 0 Å². The molecule has 1 heteroatoms. The molecule has 48 valence electrons. The first-order chi connectivity index (χ1) is 4.36. The van der Waals surface area contributed by atoms with E-state index in [0.717, 1.165) is 17.9 Å². The Balaban J connectivity index is 2.03. The standard InChI is InChI=1S/C8H11N/c1-5-2-6-3-9-4-7(5)8(6)9/h2,6-8H,3-4H2,1H3. The third-order valence-electron chi connectivity index (χ3n) is 3.21. The van der Waals surface area contributed by atoms with Gasteiger partial charge in [0.15, 0.2) is 0 Å². The van der Waals surface area contributed by atoms with Crippen LogP contribution >= 0.6 is 0 Å². The number of nitrogens with zero attached hydrogens (tertiary/aromatic N) is 1. The summed E-state index contributed by atoms with van der Waals surface area (Å²) in [4.78, 5) is 2.59. The molecular formula is C8H11N. The van der Waals surface area contributed by atoms with Crippen molar-refractivity contribution in [1.29, 1.82) is 0 Å². The van der Waals surface area contributed by atoms with Crippen molar-refractivity contribution in [3.8, 4) is 0 Å². The lowest BCUT2D eigenvalue weighted by Gasteiger charge is -2.57. The van der Waals surface area contributed by atoms with Gasteiger partial charge in [0, 0.05) is 31.0 Å². The van der Waals surface area contributed by atoms with Gasteiger partial charge in [-0.1, -0.05) is 11.6 Å². The van der Waals surface area contributed by atoms with E-state index in [4.69, 9.17) is 0 Å². The quantitative estimate of drug-likeness (QED) is 0.430. The average Bonchev–Trinajstić information content (AvgIpc) is 2.01. The zero-order valence-corrected chi connectivity index (χ0v) is 5.67. The van der Waals surface area contributed by atoms with Gasteiger partial charge in [-0.2, -0.15) is 0 Å².